The molecule has 2 aromatic carbocycles. The third-order valence-corrected chi connectivity index (χ3v) is 3.69. The molecular weight excluding hydrogens is 222 g/mol. The average molecular weight is 239 g/mol. The summed E-state index contributed by atoms with van der Waals surface area (Å²) in [5.74, 6) is 0.891. The lowest BCUT2D eigenvalue weighted by molar-refractivity contribution is 0.415. The van der Waals surface area contributed by atoms with Crippen molar-refractivity contribution in [2.45, 2.75) is 18.9 Å². The molecule has 1 aliphatic rings. The number of methoxy groups -OCH3 is 1. The van der Waals surface area contributed by atoms with Gasteiger partial charge in [0.25, 0.3) is 0 Å². The summed E-state index contributed by atoms with van der Waals surface area (Å²) in [5.41, 5.74) is 11.2. The summed E-state index contributed by atoms with van der Waals surface area (Å²) in [6.07, 6.45) is 2.17. The summed E-state index contributed by atoms with van der Waals surface area (Å²) in [5, 5.41) is 0. The van der Waals surface area contributed by atoms with Crippen LogP contribution in [0.1, 0.15) is 23.6 Å². The molecule has 3 rings (SSSR count). The van der Waals surface area contributed by atoms with E-state index >= 15 is 0 Å². The molecular formula is C16H17NO. The number of nitrogens with two attached hydrogens (primary N) is 1. The van der Waals surface area contributed by atoms with E-state index in [-0.39, 0.29) is 6.04 Å². The van der Waals surface area contributed by atoms with Crippen molar-refractivity contribution in [2.75, 3.05) is 7.11 Å². The summed E-state index contributed by atoms with van der Waals surface area (Å²) in [7, 11) is 1.69. The van der Waals surface area contributed by atoms with Crippen LogP contribution in [0.25, 0.3) is 11.1 Å². The molecule has 0 aliphatic heterocycles. The van der Waals surface area contributed by atoms with Crippen LogP contribution in [0.4, 0.5) is 0 Å². The van der Waals surface area contributed by atoms with E-state index in [1.807, 2.05) is 12.1 Å². The number of ether oxygens (including phenoxy) is 1. The van der Waals surface area contributed by atoms with Crippen molar-refractivity contribution in [1.82, 2.24) is 0 Å². The predicted molar refractivity (Wildman–Crippen MR) is 73.7 cm³/mol. The maximum Gasteiger partial charge on any atom is 0.118 e. The molecule has 0 aromatic heterocycles. The highest BCUT2D eigenvalue weighted by molar-refractivity contribution is 5.66. The first-order valence-corrected chi connectivity index (χ1v) is 6.31. The molecule has 0 amide bonds. The van der Waals surface area contributed by atoms with Gasteiger partial charge in [0.15, 0.2) is 0 Å². The van der Waals surface area contributed by atoms with Crippen LogP contribution >= 0.6 is 0 Å². The van der Waals surface area contributed by atoms with Gasteiger partial charge < -0.3 is 10.5 Å². The standard InChI is InChI=1S/C16H17NO/c1-18-14-6-2-11(3-7-14)12-4-8-15-13(10-12)5-9-16(15)17/h2-4,6-8,10,16H,5,9,17H2,1H3. The monoisotopic (exact) mass is 239 g/mol. The first kappa shape index (κ1) is 11.3. The average Bonchev–Trinajstić information content (AvgIpc) is 2.80. The maximum atomic E-state index is 6.06. The minimum atomic E-state index is 0.227. The van der Waals surface area contributed by atoms with Gasteiger partial charge in [-0.05, 0) is 47.2 Å². The van der Waals surface area contributed by atoms with E-state index in [0.717, 1.165) is 18.6 Å². The van der Waals surface area contributed by atoms with Gasteiger partial charge in [-0.25, -0.2) is 0 Å². The van der Waals surface area contributed by atoms with Crippen LogP contribution in [0.5, 0.6) is 5.75 Å². The first-order valence-electron chi connectivity index (χ1n) is 6.31. The summed E-state index contributed by atoms with van der Waals surface area (Å²) < 4.78 is 5.18. The molecule has 1 unspecified atom stereocenters. The number of rotatable bonds is 2. The molecule has 1 aliphatic carbocycles. The van der Waals surface area contributed by atoms with Gasteiger partial charge in [-0.3, -0.25) is 0 Å². The number of hydrogen-bond donors (Lipinski definition) is 1. The molecule has 2 N–H and O–H groups in total. The van der Waals surface area contributed by atoms with Crippen LogP contribution in [0.15, 0.2) is 42.5 Å². The van der Waals surface area contributed by atoms with Gasteiger partial charge in [-0.15, -0.1) is 0 Å². The molecule has 2 heteroatoms. The van der Waals surface area contributed by atoms with Gasteiger partial charge in [0.1, 0.15) is 5.75 Å². The van der Waals surface area contributed by atoms with E-state index in [9.17, 15) is 0 Å². The number of fused-ring (bicyclic) bond motifs is 1. The Hall–Kier alpha value is -1.80. The predicted octanol–water partition coefficient (Wildman–Crippen LogP) is 3.31. The Morgan fingerprint density at radius 3 is 2.50 bits per heavy atom. The number of benzene rings is 2. The van der Waals surface area contributed by atoms with Crippen LogP contribution in [-0.2, 0) is 6.42 Å². The largest absolute Gasteiger partial charge is 0.497 e. The maximum absolute atomic E-state index is 6.06. The number of hydrogen-bond acceptors (Lipinski definition) is 2. The second-order valence-electron chi connectivity index (χ2n) is 4.79. The van der Waals surface area contributed by atoms with Gasteiger partial charge in [-0.1, -0.05) is 30.3 Å². The van der Waals surface area contributed by atoms with Gasteiger partial charge in [-0.2, -0.15) is 0 Å². The van der Waals surface area contributed by atoms with E-state index in [2.05, 4.69) is 30.3 Å². The van der Waals surface area contributed by atoms with Gasteiger partial charge in [0.2, 0.25) is 0 Å². The highest BCUT2D eigenvalue weighted by Crippen LogP contribution is 2.33. The molecule has 1 atom stereocenters. The lowest BCUT2D eigenvalue weighted by Crippen LogP contribution is -2.04. The van der Waals surface area contributed by atoms with Crippen LogP contribution in [0.2, 0.25) is 0 Å². The minimum absolute atomic E-state index is 0.227. The smallest absolute Gasteiger partial charge is 0.118 e. The quantitative estimate of drug-likeness (QED) is 0.872. The van der Waals surface area contributed by atoms with Crippen LogP contribution < -0.4 is 10.5 Å². The van der Waals surface area contributed by atoms with Crippen molar-refractivity contribution in [3.05, 3.63) is 53.6 Å². The number of aryl methyl sites for hydroxylation is 1. The molecule has 0 spiro atoms. The zero-order valence-corrected chi connectivity index (χ0v) is 10.5. The molecule has 0 saturated heterocycles. The van der Waals surface area contributed by atoms with E-state index in [1.165, 1.54) is 22.3 Å². The fourth-order valence-corrected chi connectivity index (χ4v) is 2.61. The Morgan fingerprint density at radius 2 is 1.78 bits per heavy atom. The Labute approximate surface area is 107 Å². The molecule has 18 heavy (non-hydrogen) atoms. The lowest BCUT2D eigenvalue weighted by Gasteiger charge is -2.08. The van der Waals surface area contributed by atoms with Crippen LogP contribution in [0.3, 0.4) is 0 Å². The zero-order chi connectivity index (χ0) is 12.5. The molecule has 0 bridgehead atoms. The Kier molecular flexibility index (Phi) is 2.80. The Morgan fingerprint density at radius 1 is 1.06 bits per heavy atom. The van der Waals surface area contributed by atoms with Crippen LogP contribution in [0, 0.1) is 0 Å². The molecule has 2 aromatic rings. The first-order chi connectivity index (χ1) is 8.78. The summed E-state index contributed by atoms with van der Waals surface area (Å²) >= 11 is 0. The van der Waals surface area contributed by atoms with Crippen molar-refractivity contribution < 1.29 is 4.74 Å². The molecule has 0 heterocycles. The zero-order valence-electron chi connectivity index (χ0n) is 10.5. The molecule has 2 nitrogen and oxygen atoms in total. The third kappa shape index (κ3) is 1.89. The van der Waals surface area contributed by atoms with E-state index in [1.54, 1.807) is 7.11 Å². The topological polar surface area (TPSA) is 35.2 Å². The molecule has 92 valence electrons. The van der Waals surface area contributed by atoms with Crippen LogP contribution in [-0.4, -0.2) is 7.11 Å². The second-order valence-corrected chi connectivity index (χ2v) is 4.79. The van der Waals surface area contributed by atoms with Gasteiger partial charge >= 0.3 is 0 Å². The molecule has 0 radical (unpaired) electrons. The Balaban J connectivity index is 1.97. The Bertz CT molecular complexity index is 560. The van der Waals surface area contributed by atoms with Crippen molar-refractivity contribution in [1.29, 1.82) is 0 Å². The fourth-order valence-electron chi connectivity index (χ4n) is 2.61. The lowest BCUT2D eigenvalue weighted by atomic mass is 10.00. The minimum Gasteiger partial charge on any atom is -0.497 e. The van der Waals surface area contributed by atoms with Crippen molar-refractivity contribution in [3.63, 3.8) is 0 Å². The van der Waals surface area contributed by atoms with Gasteiger partial charge in [0.05, 0.1) is 7.11 Å². The van der Waals surface area contributed by atoms with E-state index < -0.39 is 0 Å². The highest BCUT2D eigenvalue weighted by Gasteiger charge is 2.18. The van der Waals surface area contributed by atoms with Crippen molar-refractivity contribution >= 4 is 0 Å². The third-order valence-electron chi connectivity index (χ3n) is 3.69. The van der Waals surface area contributed by atoms with E-state index in [0.29, 0.717) is 0 Å². The fraction of sp³-hybridized carbons (Fsp3) is 0.250. The molecule has 0 saturated carbocycles. The second kappa shape index (κ2) is 4.46. The summed E-state index contributed by atoms with van der Waals surface area (Å²) in [6.45, 7) is 0. The van der Waals surface area contributed by atoms with E-state index in [4.69, 9.17) is 10.5 Å². The van der Waals surface area contributed by atoms with Crippen molar-refractivity contribution in [3.8, 4) is 16.9 Å². The van der Waals surface area contributed by atoms with Crippen molar-refractivity contribution in [2.24, 2.45) is 5.73 Å². The van der Waals surface area contributed by atoms with Gasteiger partial charge in [0, 0.05) is 6.04 Å². The molecule has 0 fully saturated rings. The summed E-state index contributed by atoms with van der Waals surface area (Å²) in [4.78, 5) is 0. The summed E-state index contributed by atoms with van der Waals surface area (Å²) in [6, 6.07) is 15.0. The SMILES string of the molecule is COc1ccc(-c2ccc3c(c2)CCC3N)cc1. The normalized spacial score (nSPS) is 17.6. The highest BCUT2D eigenvalue weighted by atomic mass is 16.5.